The standard InChI is InChI=1S/C21H20N2O3/c1-26-21(25)15-8-5-9-17-19(15)23-16-11-10-14(12-18(16)22-17)20(24)13-6-3-2-4-7-13/h5,8-13H,2-4,6-7H2,1H3. The maximum Gasteiger partial charge on any atom is 0.340 e. The summed E-state index contributed by atoms with van der Waals surface area (Å²) in [4.78, 5) is 33.9. The topological polar surface area (TPSA) is 69.2 Å². The zero-order valence-electron chi connectivity index (χ0n) is 14.7. The molecule has 1 aliphatic rings. The minimum atomic E-state index is -0.437. The van der Waals surface area contributed by atoms with Gasteiger partial charge in [-0.15, -0.1) is 0 Å². The molecule has 0 amide bonds. The van der Waals surface area contributed by atoms with Crippen molar-refractivity contribution >= 4 is 33.8 Å². The number of nitrogens with zero attached hydrogens (tertiary/aromatic N) is 2. The molecule has 0 aliphatic heterocycles. The van der Waals surface area contributed by atoms with E-state index in [1.165, 1.54) is 13.5 Å². The van der Waals surface area contributed by atoms with Crippen LogP contribution in [0.5, 0.6) is 0 Å². The molecule has 132 valence electrons. The van der Waals surface area contributed by atoms with E-state index in [1.807, 2.05) is 24.3 Å². The molecular weight excluding hydrogens is 328 g/mol. The van der Waals surface area contributed by atoms with Gasteiger partial charge in [-0.05, 0) is 43.2 Å². The average molecular weight is 348 g/mol. The Labute approximate surface area is 151 Å². The number of hydrogen-bond acceptors (Lipinski definition) is 5. The van der Waals surface area contributed by atoms with Crippen LogP contribution in [-0.4, -0.2) is 28.8 Å². The van der Waals surface area contributed by atoms with Gasteiger partial charge in [0.15, 0.2) is 5.78 Å². The van der Waals surface area contributed by atoms with Crippen LogP contribution in [0.3, 0.4) is 0 Å². The third-order valence-electron chi connectivity index (χ3n) is 5.13. The maximum atomic E-state index is 12.8. The van der Waals surface area contributed by atoms with Crippen LogP contribution in [-0.2, 0) is 4.74 Å². The normalized spacial score (nSPS) is 15.3. The number of fused-ring (bicyclic) bond motifs is 2. The van der Waals surface area contributed by atoms with E-state index in [1.54, 1.807) is 12.1 Å². The Bertz CT molecular complexity index is 1010. The van der Waals surface area contributed by atoms with Crippen molar-refractivity contribution in [2.24, 2.45) is 5.92 Å². The quantitative estimate of drug-likeness (QED) is 0.400. The molecule has 1 heterocycles. The summed E-state index contributed by atoms with van der Waals surface area (Å²) < 4.78 is 4.82. The van der Waals surface area contributed by atoms with Gasteiger partial charge in [0.2, 0.25) is 0 Å². The second-order valence-corrected chi connectivity index (χ2v) is 6.79. The Morgan fingerprint density at radius 2 is 1.77 bits per heavy atom. The molecule has 1 aliphatic carbocycles. The molecule has 0 N–H and O–H groups in total. The Kier molecular flexibility index (Phi) is 4.37. The summed E-state index contributed by atoms with van der Waals surface area (Å²) in [6.45, 7) is 0. The number of benzene rings is 2. The van der Waals surface area contributed by atoms with Crippen molar-refractivity contribution in [2.45, 2.75) is 32.1 Å². The molecule has 1 fully saturated rings. The maximum absolute atomic E-state index is 12.8. The number of esters is 1. The summed E-state index contributed by atoms with van der Waals surface area (Å²) in [5.41, 5.74) is 3.54. The van der Waals surface area contributed by atoms with Gasteiger partial charge in [-0.2, -0.15) is 0 Å². The highest BCUT2D eigenvalue weighted by molar-refractivity contribution is 6.04. The van der Waals surface area contributed by atoms with Crippen molar-refractivity contribution in [3.05, 3.63) is 47.5 Å². The van der Waals surface area contributed by atoms with Gasteiger partial charge >= 0.3 is 5.97 Å². The first-order valence-corrected chi connectivity index (χ1v) is 9.00. The van der Waals surface area contributed by atoms with Crippen LogP contribution in [0, 0.1) is 5.92 Å². The molecule has 0 unspecified atom stereocenters. The number of hydrogen-bond donors (Lipinski definition) is 0. The highest BCUT2D eigenvalue weighted by atomic mass is 16.5. The van der Waals surface area contributed by atoms with Crippen LogP contribution in [0.25, 0.3) is 22.1 Å². The van der Waals surface area contributed by atoms with Crippen molar-refractivity contribution < 1.29 is 14.3 Å². The average Bonchev–Trinajstić information content (AvgIpc) is 2.71. The molecule has 1 saturated carbocycles. The van der Waals surface area contributed by atoms with Gasteiger partial charge in [0.1, 0.15) is 5.52 Å². The van der Waals surface area contributed by atoms with E-state index in [0.717, 1.165) is 25.7 Å². The Morgan fingerprint density at radius 3 is 2.54 bits per heavy atom. The second kappa shape index (κ2) is 6.83. The Balaban J connectivity index is 1.78. The lowest BCUT2D eigenvalue weighted by Crippen LogP contribution is -2.17. The summed E-state index contributed by atoms with van der Waals surface area (Å²) in [5.74, 6) is -0.106. The molecular formula is C21H20N2O3. The molecule has 0 bridgehead atoms. The van der Waals surface area contributed by atoms with Crippen molar-refractivity contribution in [3.63, 3.8) is 0 Å². The number of para-hydroxylation sites is 1. The number of carbonyl (C=O) groups is 2. The minimum Gasteiger partial charge on any atom is -0.465 e. The molecule has 3 aromatic rings. The lowest BCUT2D eigenvalue weighted by molar-refractivity contribution is 0.0602. The van der Waals surface area contributed by atoms with Crippen LogP contribution in [0.4, 0.5) is 0 Å². The summed E-state index contributed by atoms with van der Waals surface area (Å²) >= 11 is 0. The third-order valence-corrected chi connectivity index (χ3v) is 5.13. The fraction of sp³-hybridized carbons (Fsp3) is 0.333. The van der Waals surface area contributed by atoms with E-state index in [2.05, 4.69) is 9.97 Å². The largest absolute Gasteiger partial charge is 0.465 e. The summed E-state index contributed by atoms with van der Waals surface area (Å²) in [6, 6.07) is 10.7. The van der Waals surface area contributed by atoms with Crippen LogP contribution >= 0.6 is 0 Å². The van der Waals surface area contributed by atoms with Crippen molar-refractivity contribution in [1.29, 1.82) is 0 Å². The van der Waals surface area contributed by atoms with E-state index in [4.69, 9.17) is 4.74 Å². The van der Waals surface area contributed by atoms with E-state index >= 15 is 0 Å². The third kappa shape index (κ3) is 2.94. The van der Waals surface area contributed by atoms with Gasteiger partial charge < -0.3 is 4.74 Å². The molecule has 5 nitrogen and oxygen atoms in total. The first-order valence-electron chi connectivity index (χ1n) is 9.00. The predicted octanol–water partition coefficient (Wildman–Crippen LogP) is 4.33. The highest BCUT2D eigenvalue weighted by Gasteiger charge is 2.23. The smallest absolute Gasteiger partial charge is 0.340 e. The number of methoxy groups -OCH3 is 1. The van der Waals surface area contributed by atoms with E-state index in [9.17, 15) is 9.59 Å². The molecule has 5 heteroatoms. The zero-order valence-corrected chi connectivity index (χ0v) is 14.7. The lowest BCUT2D eigenvalue weighted by Gasteiger charge is -2.20. The minimum absolute atomic E-state index is 0.126. The highest BCUT2D eigenvalue weighted by Crippen LogP contribution is 2.28. The van der Waals surface area contributed by atoms with Gasteiger partial charge in [-0.1, -0.05) is 25.3 Å². The molecule has 4 rings (SSSR count). The van der Waals surface area contributed by atoms with E-state index < -0.39 is 5.97 Å². The van der Waals surface area contributed by atoms with Crippen LogP contribution in [0.15, 0.2) is 36.4 Å². The molecule has 2 aromatic carbocycles. The second-order valence-electron chi connectivity index (χ2n) is 6.79. The summed E-state index contributed by atoms with van der Waals surface area (Å²) in [6.07, 6.45) is 5.43. The van der Waals surface area contributed by atoms with Crippen molar-refractivity contribution in [3.8, 4) is 0 Å². The summed E-state index contributed by atoms with van der Waals surface area (Å²) in [7, 11) is 1.35. The monoisotopic (exact) mass is 348 g/mol. The van der Waals surface area contributed by atoms with E-state index in [0.29, 0.717) is 33.2 Å². The molecule has 0 radical (unpaired) electrons. The molecule has 26 heavy (non-hydrogen) atoms. The number of aromatic nitrogens is 2. The van der Waals surface area contributed by atoms with E-state index in [-0.39, 0.29) is 11.7 Å². The lowest BCUT2D eigenvalue weighted by atomic mass is 9.84. The predicted molar refractivity (Wildman–Crippen MR) is 99.3 cm³/mol. The van der Waals surface area contributed by atoms with Crippen LogP contribution in [0.2, 0.25) is 0 Å². The van der Waals surface area contributed by atoms with Crippen molar-refractivity contribution in [2.75, 3.05) is 7.11 Å². The Morgan fingerprint density at radius 1 is 0.962 bits per heavy atom. The fourth-order valence-corrected chi connectivity index (χ4v) is 3.73. The van der Waals surface area contributed by atoms with Gasteiger partial charge in [-0.3, -0.25) is 4.79 Å². The van der Waals surface area contributed by atoms with Gasteiger partial charge in [0.25, 0.3) is 0 Å². The van der Waals surface area contributed by atoms with Gasteiger partial charge in [0, 0.05) is 11.5 Å². The van der Waals surface area contributed by atoms with Crippen molar-refractivity contribution in [1.82, 2.24) is 9.97 Å². The summed E-state index contributed by atoms with van der Waals surface area (Å²) in [5, 5.41) is 0. The van der Waals surface area contributed by atoms with Gasteiger partial charge in [0.05, 0.1) is 29.2 Å². The van der Waals surface area contributed by atoms with Crippen LogP contribution in [0.1, 0.15) is 52.8 Å². The number of Topliss-reactive ketones (excluding diaryl/α,β-unsaturated/α-hetero) is 1. The molecule has 0 saturated heterocycles. The number of ketones is 1. The molecule has 0 spiro atoms. The first kappa shape index (κ1) is 16.6. The fourth-order valence-electron chi connectivity index (χ4n) is 3.73. The molecule has 0 atom stereocenters. The number of rotatable bonds is 3. The SMILES string of the molecule is COC(=O)c1cccc2nc3cc(C(=O)C4CCCCC4)ccc3nc12. The van der Waals surface area contributed by atoms with Crippen LogP contribution < -0.4 is 0 Å². The van der Waals surface area contributed by atoms with Gasteiger partial charge in [-0.25, -0.2) is 14.8 Å². The zero-order chi connectivity index (χ0) is 18.1. The molecule has 1 aromatic heterocycles. The number of ether oxygens (including phenoxy) is 1. The Hall–Kier alpha value is -2.82. The first-order chi connectivity index (χ1) is 12.7. The number of carbonyl (C=O) groups excluding carboxylic acids is 2.